The first-order chi connectivity index (χ1) is 7.13. The highest BCUT2D eigenvalue weighted by Gasteiger charge is 2.24. The Labute approximate surface area is 96.9 Å². The van der Waals surface area contributed by atoms with Crippen molar-refractivity contribution < 1.29 is 0 Å². The Hall–Kier alpha value is -0.560. The summed E-state index contributed by atoms with van der Waals surface area (Å²) in [7, 11) is 0. The summed E-state index contributed by atoms with van der Waals surface area (Å²) in [5.74, 6) is 1.21. The van der Waals surface area contributed by atoms with E-state index in [0.29, 0.717) is 17.0 Å². The van der Waals surface area contributed by atoms with Gasteiger partial charge in [0.2, 0.25) is 0 Å². The lowest BCUT2D eigenvalue weighted by Gasteiger charge is -2.27. The normalized spacial score (nSPS) is 25.1. The van der Waals surface area contributed by atoms with E-state index < -0.39 is 0 Å². The van der Waals surface area contributed by atoms with Crippen molar-refractivity contribution in [2.24, 2.45) is 0 Å². The number of halogens is 1. The Balaban J connectivity index is 2.53. The van der Waals surface area contributed by atoms with Crippen LogP contribution in [0.15, 0.2) is 6.07 Å². The molecule has 1 heterocycles. The van der Waals surface area contributed by atoms with Crippen molar-refractivity contribution >= 4 is 11.6 Å². The fraction of sp³-hybridized carbons (Fsp3) is 0.615. The average Bonchev–Trinajstić information content (AvgIpc) is 2.23. The van der Waals surface area contributed by atoms with Gasteiger partial charge < -0.3 is 0 Å². The Morgan fingerprint density at radius 2 is 2.00 bits per heavy atom. The SMILES string of the molecule is CCc1cc2c(nc1Cl)C(C)CCC2C. The number of hydrogen-bond acceptors (Lipinski definition) is 1. The first-order valence-corrected chi connectivity index (χ1v) is 6.20. The molecule has 0 N–H and O–H groups in total. The van der Waals surface area contributed by atoms with Crippen LogP contribution in [-0.4, -0.2) is 4.98 Å². The molecule has 0 radical (unpaired) electrons. The van der Waals surface area contributed by atoms with Crippen LogP contribution in [0, 0.1) is 0 Å². The van der Waals surface area contributed by atoms with E-state index in [2.05, 4.69) is 31.8 Å². The summed E-state index contributed by atoms with van der Waals surface area (Å²) in [5.41, 5.74) is 3.85. The van der Waals surface area contributed by atoms with E-state index in [1.165, 1.54) is 29.7 Å². The summed E-state index contributed by atoms with van der Waals surface area (Å²) < 4.78 is 0. The molecule has 2 atom stereocenters. The smallest absolute Gasteiger partial charge is 0.132 e. The molecule has 0 spiro atoms. The van der Waals surface area contributed by atoms with E-state index in [1.807, 2.05) is 0 Å². The van der Waals surface area contributed by atoms with Gasteiger partial charge in [0.15, 0.2) is 0 Å². The molecule has 82 valence electrons. The van der Waals surface area contributed by atoms with Crippen molar-refractivity contribution in [3.8, 4) is 0 Å². The maximum atomic E-state index is 6.16. The minimum absolute atomic E-state index is 0.569. The largest absolute Gasteiger partial charge is 0.240 e. The summed E-state index contributed by atoms with van der Waals surface area (Å²) in [4.78, 5) is 4.58. The highest BCUT2D eigenvalue weighted by molar-refractivity contribution is 6.30. The van der Waals surface area contributed by atoms with E-state index in [-0.39, 0.29) is 0 Å². The zero-order valence-electron chi connectivity index (χ0n) is 9.68. The average molecular weight is 224 g/mol. The Bertz CT molecular complexity index is 373. The van der Waals surface area contributed by atoms with Crippen LogP contribution in [0.25, 0.3) is 0 Å². The predicted molar refractivity (Wildman–Crippen MR) is 64.7 cm³/mol. The minimum Gasteiger partial charge on any atom is -0.240 e. The van der Waals surface area contributed by atoms with Crippen LogP contribution in [0.5, 0.6) is 0 Å². The van der Waals surface area contributed by atoms with Gasteiger partial charge in [-0.2, -0.15) is 0 Å². The number of fused-ring (bicyclic) bond motifs is 1. The first-order valence-electron chi connectivity index (χ1n) is 5.82. The molecule has 2 unspecified atom stereocenters. The maximum absolute atomic E-state index is 6.16. The van der Waals surface area contributed by atoms with Crippen LogP contribution in [0.1, 0.15) is 62.3 Å². The van der Waals surface area contributed by atoms with Gasteiger partial charge in [-0.1, -0.05) is 38.4 Å². The predicted octanol–water partition coefficient (Wildman–Crippen LogP) is 4.30. The molecule has 1 aliphatic rings. The molecule has 1 aromatic heterocycles. The van der Waals surface area contributed by atoms with Gasteiger partial charge in [-0.15, -0.1) is 0 Å². The summed E-state index contributed by atoms with van der Waals surface area (Å²) in [5, 5.41) is 0.706. The van der Waals surface area contributed by atoms with Gasteiger partial charge in [0, 0.05) is 5.69 Å². The number of aromatic nitrogens is 1. The second-order valence-electron chi connectivity index (χ2n) is 4.65. The minimum atomic E-state index is 0.569. The second kappa shape index (κ2) is 4.13. The van der Waals surface area contributed by atoms with Crippen molar-refractivity contribution in [1.82, 2.24) is 4.98 Å². The van der Waals surface area contributed by atoms with Crippen LogP contribution in [0.3, 0.4) is 0 Å². The third kappa shape index (κ3) is 1.90. The highest BCUT2D eigenvalue weighted by atomic mass is 35.5. The molecule has 0 aromatic carbocycles. The summed E-state index contributed by atoms with van der Waals surface area (Å²) in [6.45, 7) is 6.67. The summed E-state index contributed by atoms with van der Waals surface area (Å²) >= 11 is 6.16. The van der Waals surface area contributed by atoms with E-state index in [9.17, 15) is 0 Å². The van der Waals surface area contributed by atoms with Crippen molar-refractivity contribution in [2.45, 2.75) is 51.9 Å². The molecule has 2 heteroatoms. The molecule has 0 saturated heterocycles. The van der Waals surface area contributed by atoms with Crippen LogP contribution >= 0.6 is 11.6 Å². The lowest BCUT2D eigenvalue weighted by atomic mass is 9.81. The fourth-order valence-corrected chi connectivity index (χ4v) is 2.67. The van der Waals surface area contributed by atoms with E-state index in [4.69, 9.17) is 11.6 Å². The molecule has 2 rings (SSSR count). The number of aryl methyl sites for hydroxylation is 1. The lowest BCUT2D eigenvalue weighted by Crippen LogP contribution is -2.13. The van der Waals surface area contributed by atoms with Crippen LogP contribution in [-0.2, 0) is 6.42 Å². The van der Waals surface area contributed by atoms with Crippen molar-refractivity contribution in [2.75, 3.05) is 0 Å². The third-order valence-corrected chi connectivity index (χ3v) is 3.85. The lowest BCUT2D eigenvalue weighted by molar-refractivity contribution is 0.514. The summed E-state index contributed by atoms with van der Waals surface area (Å²) in [6.07, 6.45) is 3.49. The molecule has 0 saturated carbocycles. The second-order valence-corrected chi connectivity index (χ2v) is 5.00. The number of nitrogens with zero attached hydrogens (tertiary/aromatic N) is 1. The molecular weight excluding hydrogens is 206 g/mol. The van der Waals surface area contributed by atoms with Crippen molar-refractivity contribution in [3.05, 3.63) is 28.0 Å². The van der Waals surface area contributed by atoms with E-state index >= 15 is 0 Å². The molecule has 0 amide bonds. The molecule has 0 bridgehead atoms. The standard InChI is InChI=1S/C13H18ClN/c1-4-10-7-11-8(2)5-6-9(3)12(11)15-13(10)14/h7-9H,4-6H2,1-3H3. The van der Waals surface area contributed by atoms with Crippen LogP contribution in [0.4, 0.5) is 0 Å². The van der Waals surface area contributed by atoms with E-state index in [0.717, 1.165) is 6.42 Å². The van der Waals surface area contributed by atoms with Crippen LogP contribution < -0.4 is 0 Å². The van der Waals surface area contributed by atoms with Crippen molar-refractivity contribution in [3.63, 3.8) is 0 Å². The van der Waals surface area contributed by atoms with Gasteiger partial charge in [0.25, 0.3) is 0 Å². The highest BCUT2D eigenvalue weighted by Crippen LogP contribution is 2.38. The quantitative estimate of drug-likeness (QED) is 0.647. The molecule has 0 aliphatic heterocycles. The third-order valence-electron chi connectivity index (χ3n) is 3.52. The van der Waals surface area contributed by atoms with Gasteiger partial charge in [0.1, 0.15) is 5.15 Å². The van der Waals surface area contributed by atoms with E-state index in [1.54, 1.807) is 0 Å². The van der Waals surface area contributed by atoms with Crippen molar-refractivity contribution in [1.29, 1.82) is 0 Å². The van der Waals surface area contributed by atoms with Gasteiger partial charge in [-0.25, -0.2) is 4.98 Å². The number of pyridine rings is 1. The number of rotatable bonds is 1. The zero-order chi connectivity index (χ0) is 11.0. The van der Waals surface area contributed by atoms with Gasteiger partial charge in [0.05, 0.1) is 0 Å². The Morgan fingerprint density at radius 3 is 2.67 bits per heavy atom. The monoisotopic (exact) mass is 223 g/mol. The zero-order valence-corrected chi connectivity index (χ0v) is 10.4. The molecule has 1 aromatic rings. The van der Waals surface area contributed by atoms with Gasteiger partial charge in [-0.3, -0.25) is 0 Å². The van der Waals surface area contributed by atoms with Crippen LogP contribution in [0.2, 0.25) is 5.15 Å². The Kier molecular flexibility index (Phi) is 3.01. The fourth-order valence-electron chi connectivity index (χ4n) is 2.39. The summed E-state index contributed by atoms with van der Waals surface area (Å²) in [6, 6.07) is 2.27. The topological polar surface area (TPSA) is 12.9 Å². The maximum Gasteiger partial charge on any atom is 0.132 e. The number of hydrogen-bond donors (Lipinski definition) is 0. The van der Waals surface area contributed by atoms with Gasteiger partial charge >= 0.3 is 0 Å². The molecule has 0 fully saturated rings. The Morgan fingerprint density at radius 1 is 1.33 bits per heavy atom. The first kappa shape index (κ1) is 10.9. The molecular formula is C13H18ClN. The molecule has 15 heavy (non-hydrogen) atoms. The van der Waals surface area contributed by atoms with Gasteiger partial charge in [-0.05, 0) is 42.2 Å². The molecule has 1 nitrogen and oxygen atoms in total. The molecule has 1 aliphatic carbocycles.